The molecule has 3 nitrogen and oxygen atoms in total. The Morgan fingerprint density at radius 1 is 1.44 bits per heavy atom. The zero-order valence-corrected chi connectivity index (χ0v) is 9.91. The first kappa shape index (κ1) is 11.0. The molecule has 0 saturated carbocycles. The lowest BCUT2D eigenvalue weighted by Gasteiger charge is -2.25. The van der Waals surface area contributed by atoms with Crippen LogP contribution in [0.5, 0.6) is 5.75 Å². The van der Waals surface area contributed by atoms with Crippen molar-refractivity contribution in [2.24, 2.45) is 0 Å². The molecule has 0 bridgehead atoms. The van der Waals surface area contributed by atoms with E-state index in [-0.39, 0.29) is 12.0 Å². The number of nitrogens with one attached hydrogen (secondary N) is 1. The molecule has 1 atom stereocenters. The fourth-order valence-corrected chi connectivity index (χ4v) is 1.80. The number of benzene rings is 1. The molecule has 2 rings (SSSR count). The first-order valence-corrected chi connectivity index (χ1v) is 5.73. The van der Waals surface area contributed by atoms with Crippen molar-refractivity contribution in [3.05, 3.63) is 23.8 Å². The van der Waals surface area contributed by atoms with E-state index in [1.807, 2.05) is 25.1 Å². The number of amides is 1. The lowest BCUT2D eigenvalue weighted by Crippen LogP contribution is -2.36. The summed E-state index contributed by atoms with van der Waals surface area (Å²) in [6, 6.07) is 5.98. The summed E-state index contributed by atoms with van der Waals surface area (Å²) >= 11 is 0. The lowest BCUT2D eigenvalue weighted by molar-refractivity contribution is -0.123. The van der Waals surface area contributed by atoms with Crippen LogP contribution in [0.4, 0.5) is 5.69 Å². The summed E-state index contributed by atoms with van der Waals surface area (Å²) in [5.74, 6) is 1.18. The molecule has 1 aliphatic rings. The van der Waals surface area contributed by atoms with Crippen LogP contribution < -0.4 is 10.1 Å². The molecular formula is C13H17NO2. The summed E-state index contributed by atoms with van der Waals surface area (Å²) in [6.45, 7) is 6.20. The average Bonchev–Trinajstić information content (AvgIpc) is 2.27. The van der Waals surface area contributed by atoms with Crippen molar-refractivity contribution >= 4 is 11.6 Å². The third kappa shape index (κ3) is 1.90. The van der Waals surface area contributed by atoms with E-state index in [0.29, 0.717) is 12.3 Å². The van der Waals surface area contributed by atoms with Crippen LogP contribution >= 0.6 is 0 Å². The first-order valence-electron chi connectivity index (χ1n) is 5.73. The molecule has 1 unspecified atom stereocenters. The molecule has 0 radical (unpaired) electrons. The van der Waals surface area contributed by atoms with Crippen molar-refractivity contribution in [3.63, 3.8) is 0 Å². The minimum Gasteiger partial charge on any atom is -0.478 e. The third-order valence-corrected chi connectivity index (χ3v) is 2.86. The molecule has 16 heavy (non-hydrogen) atoms. The summed E-state index contributed by atoms with van der Waals surface area (Å²) in [6.07, 6.45) is 0.342. The fourth-order valence-electron chi connectivity index (χ4n) is 1.80. The van der Waals surface area contributed by atoms with Crippen molar-refractivity contribution in [1.82, 2.24) is 0 Å². The van der Waals surface area contributed by atoms with Gasteiger partial charge in [-0.1, -0.05) is 26.8 Å². The van der Waals surface area contributed by atoms with Crippen molar-refractivity contribution in [1.29, 1.82) is 0 Å². The van der Waals surface area contributed by atoms with Gasteiger partial charge < -0.3 is 10.1 Å². The molecule has 86 valence electrons. The van der Waals surface area contributed by atoms with Crippen LogP contribution in [0.25, 0.3) is 0 Å². The summed E-state index contributed by atoms with van der Waals surface area (Å²) in [5, 5.41) is 2.89. The standard InChI is InChI=1S/C13H17NO2/c1-4-11-13(15)14-10-7-9(8(2)3)5-6-12(10)16-11/h5-8,11H,4H2,1-3H3,(H,14,15). The molecule has 0 aromatic heterocycles. The topological polar surface area (TPSA) is 38.3 Å². The zero-order valence-electron chi connectivity index (χ0n) is 9.91. The summed E-state index contributed by atoms with van der Waals surface area (Å²) < 4.78 is 5.62. The van der Waals surface area contributed by atoms with E-state index < -0.39 is 0 Å². The van der Waals surface area contributed by atoms with Gasteiger partial charge in [0.15, 0.2) is 6.10 Å². The second-order valence-corrected chi connectivity index (χ2v) is 4.41. The second kappa shape index (κ2) is 4.16. The highest BCUT2D eigenvalue weighted by Gasteiger charge is 2.26. The maximum Gasteiger partial charge on any atom is 0.265 e. The molecule has 0 fully saturated rings. The molecule has 1 aliphatic heterocycles. The van der Waals surface area contributed by atoms with E-state index in [0.717, 1.165) is 11.4 Å². The molecule has 1 aromatic rings. The fraction of sp³-hybridized carbons (Fsp3) is 0.462. The van der Waals surface area contributed by atoms with Gasteiger partial charge in [0.05, 0.1) is 5.69 Å². The summed E-state index contributed by atoms with van der Waals surface area (Å²) in [7, 11) is 0. The highest BCUT2D eigenvalue weighted by atomic mass is 16.5. The van der Waals surface area contributed by atoms with Gasteiger partial charge in [-0.2, -0.15) is 0 Å². The SMILES string of the molecule is CCC1Oc2ccc(C(C)C)cc2NC1=O. The minimum absolute atomic E-state index is 0.0455. The number of fused-ring (bicyclic) bond motifs is 1. The van der Waals surface area contributed by atoms with Gasteiger partial charge in [-0.25, -0.2) is 0 Å². The third-order valence-electron chi connectivity index (χ3n) is 2.86. The van der Waals surface area contributed by atoms with Gasteiger partial charge in [0, 0.05) is 0 Å². The number of anilines is 1. The predicted octanol–water partition coefficient (Wildman–Crippen LogP) is 2.92. The molecule has 3 heteroatoms. The van der Waals surface area contributed by atoms with Crippen LogP contribution in [0.3, 0.4) is 0 Å². The van der Waals surface area contributed by atoms with Gasteiger partial charge in [-0.05, 0) is 30.0 Å². The monoisotopic (exact) mass is 219 g/mol. The molecular weight excluding hydrogens is 202 g/mol. The molecule has 0 saturated heterocycles. The highest BCUT2D eigenvalue weighted by Crippen LogP contribution is 2.32. The number of hydrogen-bond donors (Lipinski definition) is 1. The molecule has 0 aliphatic carbocycles. The Balaban J connectivity index is 2.32. The molecule has 1 heterocycles. The van der Waals surface area contributed by atoms with Crippen LogP contribution in [0, 0.1) is 0 Å². The van der Waals surface area contributed by atoms with Gasteiger partial charge in [-0.15, -0.1) is 0 Å². The normalized spacial score (nSPS) is 19.0. The van der Waals surface area contributed by atoms with Gasteiger partial charge in [0.1, 0.15) is 5.75 Å². The maximum absolute atomic E-state index is 11.6. The number of carbonyl (C=O) groups is 1. The number of ether oxygens (including phenoxy) is 1. The van der Waals surface area contributed by atoms with Gasteiger partial charge >= 0.3 is 0 Å². The second-order valence-electron chi connectivity index (χ2n) is 4.41. The highest BCUT2D eigenvalue weighted by molar-refractivity contribution is 5.97. The maximum atomic E-state index is 11.6. The molecule has 1 N–H and O–H groups in total. The predicted molar refractivity (Wildman–Crippen MR) is 63.9 cm³/mol. The van der Waals surface area contributed by atoms with Gasteiger partial charge in [0.25, 0.3) is 5.91 Å². The van der Waals surface area contributed by atoms with E-state index in [4.69, 9.17) is 4.74 Å². The van der Waals surface area contributed by atoms with Crippen LogP contribution in [0.15, 0.2) is 18.2 Å². The van der Waals surface area contributed by atoms with Crippen molar-refractivity contribution < 1.29 is 9.53 Å². The van der Waals surface area contributed by atoms with Gasteiger partial charge in [-0.3, -0.25) is 4.79 Å². The molecule has 0 spiro atoms. The number of carbonyl (C=O) groups excluding carboxylic acids is 1. The van der Waals surface area contributed by atoms with E-state index in [2.05, 4.69) is 19.2 Å². The molecule has 1 aromatic carbocycles. The minimum atomic E-state index is -0.350. The van der Waals surface area contributed by atoms with Gasteiger partial charge in [0.2, 0.25) is 0 Å². The van der Waals surface area contributed by atoms with Crippen molar-refractivity contribution in [2.45, 2.75) is 39.2 Å². The van der Waals surface area contributed by atoms with E-state index in [9.17, 15) is 4.79 Å². The Morgan fingerprint density at radius 2 is 2.19 bits per heavy atom. The summed E-state index contributed by atoms with van der Waals surface area (Å²) in [4.78, 5) is 11.6. The van der Waals surface area contributed by atoms with Crippen molar-refractivity contribution in [3.8, 4) is 5.75 Å². The van der Waals surface area contributed by atoms with Crippen LogP contribution in [-0.2, 0) is 4.79 Å². The van der Waals surface area contributed by atoms with E-state index >= 15 is 0 Å². The number of hydrogen-bond acceptors (Lipinski definition) is 2. The Morgan fingerprint density at radius 3 is 2.81 bits per heavy atom. The van der Waals surface area contributed by atoms with E-state index in [1.165, 1.54) is 5.56 Å². The Labute approximate surface area is 95.8 Å². The number of rotatable bonds is 2. The summed E-state index contributed by atoms with van der Waals surface area (Å²) in [5.41, 5.74) is 2.00. The Kier molecular flexibility index (Phi) is 2.86. The van der Waals surface area contributed by atoms with Crippen LogP contribution in [0.2, 0.25) is 0 Å². The lowest BCUT2D eigenvalue weighted by atomic mass is 10.0. The average molecular weight is 219 g/mol. The quantitative estimate of drug-likeness (QED) is 0.830. The Bertz CT molecular complexity index is 412. The van der Waals surface area contributed by atoms with Crippen molar-refractivity contribution in [2.75, 3.05) is 5.32 Å². The van der Waals surface area contributed by atoms with Crippen LogP contribution in [0.1, 0.15) is 38.7 Å². The smallest absolute Gasteiger partial charge is 0.265 e. The zero-order chi connectivity index (χ0) is 11.7. The molecule has 1 amide bonds. The Hall–Kier alpha value is -1.51. The largest absolute Gasteiger partial charge is 0.478 e. The van der Waals surface area contributed by atoms with Crippen LogP contribution in [-0.4, -0.2) is 12.0 Å². The first-order chi connectivity index (χ1) is 7.61. The van der Waals surface area contributed by atoms with E-state index in [1.54, 1.807) is 0 Å².